The number of phosphoric acid groups is 2. The first-order valence-electron chi connectivity index (χ1n) is 41.7. The lowest BCUT2D eigenvalue weighted by Crippen LogP contribution is -2.30. The number of carbonyl (C=O) groups excluding carboxylic acids is 4. The van der Waals surface area contributed by atoms with Crippen LogP contribution in [0.15, 0.2) is 0 Å². The molecule has 0 saturated heterocycles. The maximum atomic E-state index is 13.1. The van der Waals surface area contributed by atoms with Gasteiger partial charge in [0.15, 0.2) is 12.2 Å². The second-order valence-corrected chi connectivity index (χ2v) is 34.0. The van der Waals surface area contributed by atoms with Gasteiger partial charge in [-0.3, -0.25) is 37.3 Å². The number of hydrogen-bond acceptors (Lipinski definition) is 15. The molecule has 0 amide bonds. The van der Waals surface area contributed by atoms with Crippen LogP contribution in [-0.4, -0.2) is 96.7 Å². The average molecular weight is 1470 g/mol. The predicted octanol–water partition coefficient (Wildman–Crippen LogP) is 24.0. The number of rotatable bonds is 78. The third-order valence-electron chi connectivity index (χ3n) is 18.8. The molecule has 3 N–H and O–H groups in total. The van der Waals surface area contributed by atoms with Gasteiger partial charge >= 0.3 is 39.5 Å². The van der Waals surface area contributed by atoms with E-state index >= 15 is 0 Å². The van der Waals surface area contributed by atoms with Crippen molar-refractivity contribution in [3.8, 4) is 0 Å². The second kappa shape index (κ2) is 70.1. The van der Waals surface area contributed by atoms with Crippen LogP contribution in [0, 0.1) is 23.7 Å². The van der Waals surface area contributed by atoms with Crippen molar-refractivity contribution in [2.75, 3.05) is 39.6 Å². The Morgan fingerprint density at radius 3 is 0.620 bits per heavy atom. The summed E-state index contributed by atoms with van der Waals surface area (Å²) in [4.78, 5) is 73.0. The molecule has 2 unspecified atom stereocenters. The number of aliphatic hydroxyl groups is 1. The van der Waals surface area contributed by atoms with Crippen LogP contribution >= 0.6 is 15.6 Å². The van der Waals surface area contributed by atoms with Gasteiger partial charge in [0, 0.05) is 25.7 Å². The van der Waals surface area contributed by atoms with E-state index in [-0.39, 0.29) is 25.7 Å². The van der Waals surface area contributed by atoms with E-state index in [0.29, 0.717) is 25.7 Å². The van der Waals surface area contributed by atoms with Gasteiger partial charge in [-0.15, -0.1) is 0 Å². The molecule has 0 aromatic heterocycles. The van der Waals surface area contributed by atoms with Gasteiger partial charge in [0.25, 0.3) is 0 Å². The van der Waals surface area contributed by atoms with Crippen molar-refractivity contribution in [1.29, 1.82) is 0 Å². The van der Waals surface area contributed by atoms with Crippen molar-refractivity contribution in [3.05, 3.63) is 0 Å². The molecule has 19 heteroatoms. The van der Waals surface area contributed by atoms with Crippen molar-refractivity contribution < 1.29 is 80.2 Å². The SMILES string of the molecule is CC(C)CCCCCCCCCCCCCCCCCC(=O)OC[C@H](COP(=O)(O)OC[C@@H](O)COP(=O)(O)OC[C@@H](COC(=O)CCCCCCCCCCCC(C)C)OC(=O)CCCCCCCCCCCC(C)C)OC(=O)CCCCCCCCCCCCCCCCCC(C)C. The molecule has 594 valence electrons. The lowest BCUT2D eigenvalue weighted by atomic mass is 10.0. The first-order chi connectivity index (χ1) is 48.1. The third-order valence-corrected chi connectivity index (χ3v) is 20.7. The van der Waals surface area contributed by atoms with Gasteiger partial charge in [0.1, 0.15) is 19.3 Å². The maximum Gasteiger partial charge on any atom is 0.472 e. The summed E-state index contributed by atoms with van der Waals surface area (Å²) in [5.41, 5.74) is 0. The van der Waals surface area contributed by atoms with Crippen LogP contribution in [0.5, 0.6) is 0 Å². The second-order valence-electron chi connectivity index (χ2n) is 31.1. The van der Waals surface area contributed by atoms with Gasteiger partial charge in [0.2, 0.25) is 0 Å². The Morgan fingerprint density at radius 1 is 0.250 bits per heavy atom. The summed E-state index contributed by atoms with van der Waals surface area (Å²) in [5, 5.41) is 10.6. The topological polar surface area (TPSA) is 237 Å². The zero-order valence-corrected chi connectivity index (χ0v) is 67.6. The zero-order valence-electron chi connectivity index (χ0n) is 65.8. The molecule has 0 saturated carbocycles. The van der Waals surface area contributed by atoms with E-state index in [1.54, 1.807) is 0 Å². The Morgan fingerprint density at radius 2 is 0.420 bits per heavy atom. The quantitative estimate of drug-likeness (QED) is 0.0222. The van der Waals surface area contributed by atoms with Gasteiger partial charge in [-0.1, -0.05) is 364 Å². The molecule has 0 aromatic rings. The van der Waals surface area contributed by atoms with Gasteiger partial charge in [0.05, 0.1) is 26.4 Å². The fraction of sp³-hybridized carbons (Fsp3) is 0.951. The van der Waals surface area contributed by atoms with E-state index in [1.807, 2.05) is 0 Å². The number of unbranched alkanes of at least 4 members (excludes halogenated alkanes) is 44. The molecular weight excluding hydrogens is 1310 g/mol. The van der Waals surface area contributed by atoms with Crippen LogP contribution in [-0.2, 0) is 65.4 Å². The number of aliphatic hydroxyl groups excluding tert-OH is 1. The Balaban J connectivity index is 5.25. The molecular formula is C81H158O17P2. The van der Waals surface area contributed by atoms with E-state index in [9.17, 15) is 43.2 Å². The average Bonchev–Trinajstić information content (AvgIpc) is 0.917. The third kappa shape index (κ3) is 74.3. The smallest absolute Gasteiger partial charge is 0.462 e. The van der Waals surface area contributed by atoms with Gasteiger partial charge < -0.3 is 33.8 Å². The van der Waals surface area contributed by atoms with E-state index in [2.05, 4.69) is 55.4 Å². The lowest BCUT2D eigenvalue weighted by molar-refractivity contribution is -0.161. The van der Waals surface area contributed by atoms with E-state index in [4.69, 9.17) is 37.0 Å². The van der Waals surface area contributed by atoms with Crippen LogP contribution < -0.4 is 0 Å². The monoisotopic (exact) mass is 1470 g/mol. The van der Waals surface area contributed by atoms with Crippen molar-refractivity contribution in [3.63, 3.8) is 0 Å². The molecule has 0 heterocycles. The minimum Gasteiger partial charge on any atom is -0.462 e. The minimum absolute atomic E-state index is 0.105. The number of hydrogen-bond donors (Lipinski definition) is 3. The number of carbonyl (C=O) groups is 4. The standard InChI is InChI=1S/C81H158O17P2/c1-71(2)57-49-41-33-25-19-15-11-9-13-17-21-29-37-45-53-61-78(83)91-67-76(97-80(85)63-55-47-39-30-22-18-14-10-12-16-20-26-34-42-50-58-72(3)4)69-95-99(87,88)93-65-75(82)66-94-100(89,90)96-70-77(98-81(86)64-56-48-40-32-24-28-36-44-52-60-74(7)8)68-92-79(84)62-54-46-38-31-23-27-35-43-51-59-73(5)6/h71-77,82H,9-70H2,1-8H3,(H,87,88)(H,89,90)/t75-,76-,77-/m1/s1. The number of esters is 4. The molecule has 0 radical (unpaired) electrons. The van der Waals surface area contributed by atoms with E-state index < -0.39 is 97.5 Å². The van der Waals surface area contributed by atoms with Crippen LogP contribution in [0.2, 0.25) is 0 Å². The summed E-state index contributed by atoms with van der Waals surface area (Å²) in [6.45, 7) is 14.3. The summed E-state index contributed by atoms with van der Waals surface area (Å²) >= 11 is 0. The van der Waals surface area contributed by atoms with Gasteiger partial charge in [-0.2, -0.15) is 0 Å². The first kappa shape index (κ1) is 98.1. The number of phosphoric ester groups is 2. The van der Waals surface area contributed by atoms with Crippen LogP contribution in [0.25, 0.3) is 0 Å². The molecule has 0 aliphatic heterocycles. The van der Waals surface area contributed by atoms with Gasteiger partial charge in [-0.25, -0.2) is 9.13 Å². The normalized spacial score (nSPS) is 14.0. The molecule has 0 rings (SSSR count). The fourth-order valence-electron chi connectivity index (χ4n) is 12.4. The molecule has 17 nitrogen and oxygen atoms in total. The van der Waals surface area contributed by atoms with Crippen LogP contribution in [0.1, 0.15) is 415 Å². The Hall–Kier alpha value is -1.94. The van der Waals surface area contributed by atoms with E-state index in [1.165, 1.54) is 218 Å². The highest BCUT2D eigenvalue weighted by molar-refractivity contribution is 7.47. The molecule has 0 aliphatic carbocycles. The molecule has 100 heavy (non-hydrogen) atoms. The molecule has 5 atom stereocenters. The van der Waals surface area contributed by atoms with Crippen molar-refractivity contribution in [1.82, 2.24) is 0 Å². The lowest BCUT2D eigenvalue weighted by Gasteiger charge is -2.21. The molecule has 0 spiro atoms. The Kier molecular flexibility index (Phi) is 68.7. The summed E-state index contributed by atoms with van der Waals surface area (Å²) in [5.74, 6) is 0.975. The Bertz CT molecular complexity index is 1950. The highest BCUT2D eigenvalue weighted by Crippen LogP contribution is 2.45. The largest absolute Gasteiger partial charge is 0.472 e. The van der Waals surface area contributed by atoms with Crippen LogP contribution in [0.3, 0.4) is 0 Å². The van der Waals surface area contributed by atoms with Crippen LogP contribution in [0.4, 0.5) is 0 Å². The number of ether oxygens (including phenoxy) is 4. The van der Waals surface area contributed by atoms with E-state index in [0.717, 1.165) is 114 Å². The molecule has 0 aromatic carbocycles. The highest BCUT2D eigenvalue weighted by Gasteiger charge is 2.30. The van der Waals surface area contributed by atoms with Crippen molar-refractivity contribution in [2.45, 2.75) is 433 Å². The van der Waals surface area contributed by atoms with Gasteiger partial charge in [-0.05, 0) is 49.4 Å². The highest BCUT2D eigenvalue weighted by atomic mass is 31.2. The first-order valence-corrected chi connectivity index (χ1v) is 44.7. The summed E-state index contributed by atoms with van der Waals surface area (Å²) in [7, 11) is -9.92. The maximum absolute atomic E-state index is 13.1. The zero-order chi connectivity index (χ0) is 73.8. The Labute approximate surface area is 613 Å². The van der Waals surface area contributed by atoms with Crippen molar-refractivity contribution >= 4 is 39.5 Å². The summed E-state index contributed by atoms with van der Waals surface area (Å²) < 4.78 is 68.7. The molecule has 0 bridgehead atoms. The van der Waals surface area contributed by atoms with Crippen molar-refractivity contribution in [2.24, 2.45) is 23.7 Å². The molecule has 0 fully saturated rings. The summed E-state index contributed by atoms with van der Waals surface area (Å²) in [6.07, 6.45) is 56.9. The predicted molar refractivity (Wildman–Crippen MR) is 409 cm³/mol. The molecule has 0 aliphatic rings. The fourth-order valence-corrected chi connectivity index (χ4v) is 14.0. The summed E-state index contributed by atoms with van der Waals surface area (Å²) in [6, 6.07) is 0. The minimum atomic E-state index is -4.96.